The molecule has 3 heterocycles. The van der Waals surface area contributed by atoms with Crippen molar-refractivity contribution in [1.29, 1.82) is 0 Å². The van der Waals surface area contributed by atoms with Gasteiger partial charge in [-0.3, -0.25) is 14.5 Å². The van der Waals surface area contributed by atoms with Crippen LogP contribution in [0.5, 0.6) is 0 Å². The van der Waals surface area contributed by atoms with Crippen LogP contribution >= 0.6 is 24.2 Å². The first-order valence-electron chi connectivity index (χ1n) is 11.0. The summed E-state index contributed by atoms with van der Waals surface area (Å²) < 4.78 is 0. The van der Waals surface area contributed by atoms with Crippen molar-refractivity contribution in [2.75, 3.05) is 38.5 Å². The maximum Gasteiger partial charge on any atom is 0.253 e. The molecule has 0 bridgehead atoms. The number of carbonyl (C=O) groups excluding carboxylic acids is 1. The van der Waals surface area contributed by atoms with Crippen LogP contribution < -0.4 is 5.56 Å². The summed E-state index contributed by atoms with van der Waals surface area (Å²) in [6.45, 7) is 4.36. The highest BCUT2D eigenvalue weighted by Crippen LogP contribution is 2.28. The molecule has 1 aromatic heterocycles. The van der Waals surface area contributed by atoms with Crippen LogP contribution in [0.2, 0.25) is 0 Å². The van der Waals surface area contributed by atoms with Crippen molar-refractivity contribution in [3.63, 3.8) is 0 Å². The molecule has 0 spiro atoms. The number of rotatable bonds is 4. The fourth-order valence-electron chi connectivity index (χ4n) is 4.61. The molecule has 1 N–H and O–H groups in total. The molecule has 1 saturated heterocycles. The second-order valence-corrected chi connectivity index (χ2v) is 9.45. The number of pyridine rings is 1. The summed E-state index contributed by atoms with van der Waals surface area (Å²) in [6.07, 6.45) is 1.93. The molecule has 168 valence electrons. The number of nitrogens with zero attached hydrogens (tertiary/aromatic N) is 2. The van der Waals surface area contributed by atoms with Crippen molar-refractivity contribution < 1.29 is 4.79 Å². The Morgan fingerprint density at radius 3 is 2.56 bits per heavy atom. The average molecular weight is 470 g/mol. The van der Waals surface area contributed by atoms with Gasteiger partial charge in [0.15, 0.2) is 0 Å². The van der Waals surface area contributed by atoms with E-state index in [4.69, 9.17) is 0 Å². The Hall–Kier alpha value is -2.28. The summed E-state index contributed by atoms with van der Waals surface area (Å²) in [5.74, 6) is 1.87. The fraction of sp³-hybridized carbons (Fsp3) is 0.360. The number of aromatic nitrogens is 1. The Labute approximate surface area is 198 Å². The molecule has 32 heavy (non-hydrogen) atoms. The number of nitrogens with one attached hydrogen (secondary N) is 1. The summed E-state index contributed by atoms with van der Waals surface area (Å²) >= 11 is 1.80. The zero-order chi connectivity index (χ0) is 21.2. The third kappa shape index (κ3) is 4.72. The van der Waals surface area contributed by atoms with E-state index < -0.39 is 0 Å². The molecule has 2 aliphatic rings. The molecule has 1 amide bonds. The molecular formula is C25H28ClN3O2S. The number of hydrogen-bond donors (Lipinski definition) is 1. The molecule has 2 aromatic carbocycles. The lowest BCUT2D eigenvalue weighted by molar-refractivity contribution is 0.0638. The molecule has 5 rings (SSSR count). The van der Waals surface area contributed by atoms with Gasteiger partial charge in [-0.1, -0.05) is 30.3 Å². The van der Waals surface area contributed by atoms with Crippen molar-refractivity contribution in [3.8, 4) is 0 Å². The van der Waals surface area contributed by atoms with Crippen LogP contribution in [0.3, 0.4) is 0 Å². The maximum atomic E-state index is 13.2. The Kier molecular flexibility index (Phi) is 7.23. The zero-order valence-electron chi connectivity index (χ0n) is 18.0. The first-order chi connectivity index (χ1) is 15.2. The lowest BCUT2D eigenvalue weighted by Gasteiger charge is -2.35. The number of aryl methyl sites for hydroxylation is 1. The van der Waals surface area contributed by atoms with Gasteiger partial charge in [-0.2, -0.15) is 11.8 Å². The number of aromatic amines is 1. The number of hydrogen-bond acceptors (Lipinski definition) is 4. The minimum atomic E-state index is 0. The normalized spacial score (nSPS) is 16.4. The van der Waals surface area contributed by atoms with Crippen molar-refractivity contribution in [1.82, 2.24) is 14.8 Å². The Bertz CT molecular complexity index is 1160. The molecule has 7 heteroatoms. The largest absolute Gasteiger partial charge is 0.336 e. The lowest BCUT2D eigenvalue weighted by atomic mass is 9.99. The highest BCUT2D eigenvalue weighted by atomic mass is 35.5. The minimum Gasteiger partial charge on any atom is -0.336 e. The van der Waals surface area contributed by atoms with Gasteiger partial charge in [0, 0.05) is 60.5 Å². The SMILES string of the molecule is Cl.O=C(c1ccc2[nH]c(=O)c3c(c2c1)CCSC3)N1CCN(CCc2ccccc2)CC1. The molecule has 3 aromatic rings. The lowest BCUT2D eigenvalue weighted by Crippen LogP contribution is -2.49. The number of amides is 1. The van der Waals surface area contributed by atoms with Gasteiger partial charge in [-0.05, 0) is 47.9 Å². The number of benzene rings is 2. The number of fused-ring (bicyclic) bond motifs is 3. The fourth-order valence-corrected chi connectivity index (χ4v) is 5.61. The quantitative estimate of drug-likeness (QED) is 0.632. The van der Waals surface area contributed by atoms with E-state index in [1.54, 1.807) is 11.8 Å². The summed E-state index contributed by atoms with van der Waals surface area (Å²) in [5.41, 5.74) is 4.92. The number of carbonyl (C=O) groups is 1. The molecule has 0 atom stereocenters. The third-order valence-electron chi connectivity index (χ3n) is 6.44. The van der Waals surface area contributed by atoms with Crippen LogP contribution in [0.25, 0.3) is 10.9 Å². The number of thioether (sulfide) groups is 1. The minimum absolute atomic E-state index is 0. The van der Waals surface area contributed by atoms with Crippen LogP contribution in [0.15, 0.2) is 53.3 Å². The van der Waals surface area contributed by atoms with Crippen LogP contribution in [-0.4, -0.2) is 59.2 Å². The number of piperazine rings is 1. The monoisotopic (exact) mass is 469 g/mol. The van der Waals surface area contributed by atoms with E-state index in [-0.39, 0.29) is 23.9 Å². The van der Waals surface area contributed by atoms with Crippen LogP contribution in [-0.2, 0) is 18.6 Å². The second-order valence-electron chi connectivity index (χ2n) is 8.34. The van der Waals surface area contributed by atoms with Gasteiger partial charge in [-0.15, -0.1) is 12.4 Å². The van der Waals surface area contributed by atoms with E-state index >= 15 is 0 Å². The van der Waals surface area contributed by atoms with Gasteiger partial charge in [0.05, 0.1) is 0 Å². The van der Waals surface area contributed by atoms with Crippen molar-refractivity contribution in [2.45, 2.75) is 18.6 Å². The predicted octanol–water partition coefficient (Wildman–Crippen LogP) is 3.74. The van der Waals surface area contributed by atoms with Crippen molar-refractivity contribution in [2.24, 2.45) is 0 Å². The summed E-state index contributed by atoms with van der Waals surface area (Å²) in [7, 11) is 0. The van der Waals surface area contributed by atoms with Crippen LogP contribution in [0.1, 0.15) is 27.0 Å². The van der Waals surface area contributed by atoms with Gasteiger partial charge in [-0.25, -0.2) is 0 Å². The molecule has 0 unspecified atom stereocenters. The van der Waals surface area contributed by atoms with Gasteiger partial charge in [0.1, 0.15) is 0 Å². The van der Waals surface area contributed by atoms with Gasteiger partial charge in [0.2, 0.25) is 0 Å². The topological polar surface area (TPSA) is 56.4 Å². The van der Waals surface area contributed by atoms with E-state index in [1.807, 2.05) is 29.2 Å². The van der Waals surface area contributed by atoms with E-state index in [0.717, 1.165) is 84.7 Å². The van der Waals surface area contributed by atoms with Crippen LogP contribution in [0.4, 0.5) is 0 Å². The number of halogens is 1. The van der Waals surface area contributed by atoms with E-state index in [2.05, 4.69) is 34.1 Å². The molecular weight excluding hydrogens is 442 g/mol. The number of H-pyrrole nitrogens is 1. The summed E-state index contributed by atoms with van der Waals surface area (Å²) in [5, 5.41) is 1.03. The molecule has 0 aliphatic carbocycles. The van der Waals surface area contributed by atoms with Crippen LogP contribution in [0, 0.1) is 0 Å². The molecule has 5 nitrogen and oxygen atoms in total. The van der Waals surface area contributed by atoms with Gasteiger partial charge in [0.25, 0.3) is 11.5 Å². The summed E-state index contributed by atoms with van der Waals surface area (Å²) in [6, 6.07) is 16.3. The van der Waals surface area contributed by atoms with Crippen molar-refractivity contribution >= 4 is 41.0 Å². The first kappa shape index (κ1) is 22.9. The Morgan fingerprint density at radius 2 is 1.78 bits per heavy atom. The molecule has 0 radical (unpaired) electrons. The van der Waals surface area contributed by atoms with Crippen molar-refractivity contribution in [3.05, 3.63) is 81.1 Å². The zero-order valence-corrected chi connectivity index (χ0v) is 19.6. The van der Waals surface area contributed by atoms with E-state index in [1.165, 1.54) is 5.56 Å². The van der Waals surface area contributed by atoms with E-state index in [0.29, 0.717) is 0 Å². The third-order valence-corrected chi connectivity index (χ3v) is 7.43. The second kappa shape index (κ2) is 10.1. The Balaban J connectivity index is 0.00000245. The predicted molar refractivity (Wildman–Crippen MR) is 134 cm³/mol. The van der Waals surface area contributed by atoms with Gasteiger partial charge < -0.3 is 9.88 Å². The summed E-state index contributed by atoms with van der Waals surface area (Å²) in [4.78, 5) is 33.0. The molecule has 1 fully saturated rings. The van der Waals surface area contributed by atoms with E-state index in [9.17, 15) is 9.59 Å². The highest BCUT2D eigenvalue weighted by Gasteiger charge is 2.23. The van der Waals surface area contributed by atoms with Gasteiger partial charge >= 0.3 is 0 Å². The smallest absolute Gasteiger partial charge is 0.253 e. The Morgan fingerprint density at radius 1 is 1.00 bits per heavy atom. The average Bonchev–Trinajstić information content (AvgIpc) is 2.83. The standard InChI is InChI=1S/C25H27N3O2S.ClH/c29-24-22-17-31-15-9-20(22)21-16-19(6-7-23(21)26-24)25(30)28-13-11-27(12-14-28)10-8-18-4-2-1-3-5-18;/h1-7,16H,8-15,17H2,(H,26,29);1H. The molecule has 0 saturated carbocycles. The first-order valence-corrected chi connectivity index (χ1v) is 12.2. The highest BCUT2D eigenvalue weighted by molar-refractivity contribution is 7.98. The molecule has 2 aliphatic heterocycles. The maximum absolute atomic E-state index is 13.2.